The van der Waals surface area contributed by atoms with E-state index < -0.39 is 5.97 Å². The highest BCUT2D eigenvalue weighted by Crippen LogP contribution is 2.16. The van der Waals surface area contributed by atoms with E-state index in [0.717, 1.165) is 0 Å². The van der Waals surface area contributed by atoms with Gasteiger partial charge in [-0.05, 0) is 32.9 Å². The number of aromatic carboxylic acids is 1. The number of ether oxygens (including phenoxy) is 1. The lowest BCUT2D eigenvalue weighted by Gasteiger charge is -2.26. The number of carbonyl (C=O) groups is 1. The summed E-state index contributed by atoms with van der Waals surface area (Å²) in [5.74, 6) is -0.410. The van der Waals surface area contributed by atoms with Crippen LogP contribution in [0.3, 0.4) is 0 Å². The SMILES string of the molecule is COCC(C)(C)Nc1cc(C(=O)O)cc(C)n1. The molecule has 1 aromatic rings. The summed E-state index contributed by atoms with van der Waals surface area (Å²) >= 11 is 0. The highest BCUT2D eigenvalue weighted by Gasteiger charge is 2.18. The number of nitrogens with zero attached hydrogens (tertiary/aromatic N) is 1. The first-order chi connectivity index (χ1) is 7.84. The number of carboxylic acid groups (broad SMARTS) is 1. The molecule has 0 amide bonds. The lowest BCUT2D eigenvalue weighted by molar-refractivity contribution is 0.0696. The highest BCUT2D eigenvalue weighted by molar-refractivity contribution is 5.88. The monoisotopic (exact) mass is 238 g/mol. The van der Waals surface area contributed by atoms with Crippen LogP contribution in [0.2, 0.25) is 0 Å². The standard InChI is InChI=1S/C12H18N2O3/c1-8-5-9(11(15)16)6-10(13-8)14-12(2,3)7-17-4/h5-6H,7H2,1-4H3,(H,13,14)(H,15,16). The smallest absolute Gasteiger partial charge is 0.335 e. The van der Waals surface area contributed by atoms with Crippen LogP contribution in [0.1, 0.15) is 29.9 Å². The zero-order valence-corrected chi connectivity index (χ0v) is 10.6. The number of carboxylic acids is 1. The molecule has 0 radical (unpaired) electrons. The number of methoxy groups -OCH3 is 1. The van der Waals surface area contributed by atoms with Gasteiger partial charge in [-0.3, -0.25) is 0 Å². The molecule has 0 spiro atoms. The van der Waals surface area contributed by atoms with Crippen molar-refractivity contribution in [1.82, 2.24) is 4.98 Å². The van der Waals surface area contributed by atoms with Crippen molar-refractivity contribution in [2.24, 2.45) is 0 Å². The van der Waals surface area contributed by atoms with Crippen LogP contribution < -0.4 is 5.32 Å². The van der Waals surface area contributed by atoms with E-state index in [2.05, 4.69) is 10.3 Å². The van der Waals surface area contributed by atoms with Gasteiger partial charge >= 0.3 is 5.97 Å². The Balaban J connectivity index is 2.95. The minimum absolute atomic E-state index is 0.230. The van der Waals surface area contributed by atoms with Crippen LogP contribution in [-0.4, -0.2) is 35.3 Å². The highest BCUT2D eigenvalue weighted by atomic mass is 16.5. The van der Waals surface area contributed by atoms with Gasteiger partial charge in [0.2, 0.25) is 0 Å². The molecule has 1 aromatic heterocycles. The third-order valence-electron chi connectivity index (χ3n) is 2.17. The molecule has 0 aliphatic heterocycles. The van der Waals surface area contributed by atoms with Crippen LogP contribution in [0.15, 0.2) is 12.1 Å². The first kappa shape index (κ1) is 13.4. The summed E-state index contributed by atoms with van der Waals surface area (Å²) in [7, 11) is 1.62. The van der Waals surface area contributed by atoms with Gasteiger partial charge in [0.15, 0.2) is 0 Å². The quantitative estimate of drug-likeness (QED) is 0.820. The molecule has 0 aliphatic carbocycles. The van der Waals surface area contributed by atoms with Crippen molar-refractivity contribution in [3.8, 4) is 0 Å². The van der Waals surface area contributed by atoms with E-state index in [0.29, 0.717) is 18.1 Å². The molecule has 0 saturated carbocycles. The van der Waals surface area contributed by atoms with Crippen LogP contribution in [-0.2, 0) is 4.74 Å². The number of aromatic nitrogens is 1. The maximum absolute atomic E-state index is 10.9. The Labute approximate surface area is 101 Å². The second kappa shape index (κ2) is 5.14. The molecule has 0 aliphatic rings. The average molecular weight is 238 g/mol. The van der Waals surface area contributed by atoms with Gasteiger partial charge in [0, 0.05) is 12.8 Å². The Kier molecular flexibility index (Phi) is 4.07. The number of rotatable bonds is 5. The van der Waals surface area contributed by atoms with Crippen LogP contribution >= 0.6 is 0 Å². The first-order valence-corrected chi connectivity index (χ1v) is 5.33. The molecule has 0 unspecified atom stereocenters. The third-order valence-corrected chi connectivity index (χ3v) is 2.17. The first-order valence-electron chi connectivity index (χ1n) is 5.33. The third kappa shape index (κ3) is 4.03. The van der Waals surface area contributed by atoms with Crippen molar-refractivity contribution < 1.29 is 14.6 Å². The molecule has 5 nitrogen and oxygen atoms in total. The molecular formula is C12H18N2O3. The Hall–Kier alpha value is -1.62. The van der Waals surface area contributed by atoms with E-state index in [1.807, 2.05) is 13.8 Å². The molecule has 0 bridgehead atoms. The second-order valence-corrected chi connectivity index (χ2v) is 4.63. The van der Waals surface area contributed by atoms with E-state index in [-0.39, 0.29) is 11.1 Å². The van der Waals surface area contributed by atoms with Gasteiger partial charge < -0.3 is 15.2 Å². The molecule has 5 heteroatoms. The number of hydrogen-bond acceptors (Lipinski definition) is 4. The molecule has 0 aromatic carbocycles. The topological polar surface area (TPSA) is 71.5 Å². The predicted molar refractivity (Wildman–Crippen MR) is 65.5 cm³/mol. The van der Waals surface area contributed by atoms with Gasteiger partial charge in [0.1, 0.15) is 5.82 Å². The normalized spacial score (nSPS) is 11.3. The molecule has 0 fully saturated rings. The van der Waals surface area contributed by atoms with E-state index in [1.54, 1.807) is 14.0 Å². The van der Waals surface area contributed by atoms with Crippen molar-refractivity contribution in [3.63, 3.8) is 0 Å². The summed E-state index contributed by atoms with van der Waals surface area (Å²) in [5, 5.41) is 12.1. The van der Waals surface area contributed by atoms with Crippen molar-refractivity contribution in [2.75, 3.05) is 19.0 Å². The second-order valence-electron chi connectivity index (χ2n) is 4.63. The van der Waals surface area contributed by atoms with Gasteiger partial charge in [0.05, 0.1) is 17.7 Å². The van der Waals surface area contributed by atoms with Gasteiger partial charge in [0.25, 0.3) is 0 Å². The van der Waals surface area contributed by atoms with Crippen molar-refractivity contribution in [3.05, 3.63) is 23.4 Å². The van der Waals surface area contributed by atoms with E-state index >= 15 is 0 Å². The lowest BCUT2D eigenvalue weighted by atomic mass is 10.1. The van der Waals surface area contributed by atoms with Crippen LogP contribution in [0.25, 0.3) is 0 Å². The minimum atomic E-state index is -0.955. The number of anilines is 1. The Morgan fingerprint density at radius 3 is 2.71 bits per heavy atom. The summed E-state index contributed by atoms with van der Waals surface area (Å²) < 4.78 is 5.08. The molecule has 0 saturated heterocycles. The van der Waals surface area contributed by atoms with Crippen LogP contribution in [0.4, 0.5) is 5.82 Å². The fraction of sp³-hybridized carbons (Fsp3) is 0.500. The summed E-state index contributed by atoms with van der Waals surface area (Å²) in [4.78, 5) is 15.2. The number of hydrogen-bond donors (Lipinski definition) is 2. The fourth-order valence-corrected chi connectivity index (χ4v) is 1.60. The number of aryl methyl sites for hydroxylation is 1. The van der Waals surface area contributed by atoms with E-state index in [9.17, 15) is 4.79 Å². The largest absolute Gasteiger partial charge is 0.478 e. The Morgan fingerprint density at radius 1 is 1.53 bits per heavy atom. The molecule has 1 heterocycles. The number of nitrogens with one attached hydrogen (secondary N) is 1. The van der Waals surface area contributed by atoms with Gasteiger partial charge in [-0.1, -0.05) is 0 Å². The predicted octanol–water partition coefficient (Wildman–Crippen LogP) is 1.93. The Morgan fingerprint density at radius 2 is 2.18 bits per heavy atom. The van der Waals surface area contributed by atoms with Gasteiger partial charge in [-0.15, -0.1) is 0 Å². The minimum Gasteiger partial charge on any atom is -0.478 e. The maximum Gasteiger partial charge on any atom is 0.335 e. The molecule has 2 N–H and O–H groups in total. The number of pyridine rings is 1. The van der Waals surface area contributed by atoms with Gasteiger partial charge in [-0.2, -0.15) is 0 Å². The van der Waals surface area contributed by atoms with Crippen molar-refractivity contribution in [2.45, 2.75) is 26.3 Å². The molecular weight excluding hydrogens is 220 g/mol. The van der Waals surface area contributed by atoms with Crippen LogP contribution in [0.5, 0.6) is 0 Å². The fourth-order valence-electron chi connectivity index (χ4n) is 1.60. The summed E-state index contributed by atoms with van der Waals surface area (Å²) in [6, 6.07) is 3.06. The molecule has 0 atom stereocenters. The summed E-state index contributed by atoms with van der Waals surface area (Å²) in [6.07, 6.45) is 0. The van der Waals surface area contributed by atoms with Crippen molar-refractivity contribution >= 4 is 11.8 Å². The summed E-state index contributed by atoms with van der Waals surface area (Å²) in [5.41, 5.74) is 0.597. The van der Waals surface area contributed by atoms with Crippen LogP contribution in [0, 0.1) is 6.92 Å². The average Bonchev–Trinajstić information content (AvgIpc) is 2.15. The molecule has 17 heavy (non-hydrogen) atoms. The maximum atomic E-state index is 10.9. The molecule has 1 rings (SSSR count). The molecule has 94 valence electrons. The zero-order chi connectivity index (χ0) is 13.1. The van der Waals surface area contributed by atoms with E-state index in [4.69, 9.17) is 9.84 Å². The Bertz CT molecular complexity index is 416. The van der Waals surface area contributed by atoms with Gasteiger partial charge in [-0.25, -0.2) is 9.78 Å². The zero-order valence-electron chi connectivity index (χ0n) is 10.6. The van der Waals surface area contributed by atoms with Crippen molar-refractivity contribution in [1.29, 1.82) is 0 Å². The lowest BCUT2D eigenvalue weighted by Crippen LogP contribution is -2.36. The summed E-state index contributed by atoms with van der Waals surface area (Å²) in [6.45, 7) is 6.19. The van der Waals surface area contributed by atoms with E-state index in [1.165, 1.54) is 12.1 Å².